The van der Waals surface area contributed by atoms with Crippen molar-refractivity contribution in [1.82, 2.24) is 5.32 Å². The fraction of sp³-hybridized carbons (Fsp3) is 0.778. The molecule has 0 aromatic heterocycles. The number of hydrogen-bond donors (Lipinski definition) is 3. The monoisotopic (exact) mass is 1430 g/mol. The molecule has 0 aliphatic carbocycles. The first-order valence-electron chi connectivity index (χ1n) is 20.4. The molecule has 1 amide bonds. The molecule has 0 aliphatic rings. The van der Waals surface area contributed by atoms with Crippen LogP contribution in [0, 0.1) is 0 Å². The number of halogens is 39. The first-order valence-corrected chi connectivity index (χ1v) is 29.0. The summed E-state index contributed by atoms with van der Waals surface area (Å²) in [6.07, 6.45) is -37.0. The number of benzene rings is 1. The molecule has 5 nitrogen and oxygen atoms in total. The van der Waals surface area contributed by atoms with Gasteiger partial charge in [0, 0.05) is 0 Å². The van der Waals surface area contributed by atoms with E-state index in [9.17, 15) is 154 Å². The molecule has 1 atom stereocenters. The van der Waals surface area contributed by atoms with Crippen LogP contribution in [0.15, 0.2) is 24.3 Å². The van der Waals surface area contributed by atoms with Crippen LogP contribution in [0.4, 0.5) is 171 Å². The maximum absolute atomic E-state index is 15.4. The quantitative estimate of drug-likeness (QED) is 0.0549. The topological polar surface area (TPSA) is 92.4 Å². The van der Waals surface area contributed by atoms with E-state index in [0.717, 1.165) is 0 Å². The SMILES string of the molecule is N[C@@H](CSCC(=O)NCc1ccc[c]([Sn]([CH2]CC(F)(F)C(F)(F)C(F)(F)C(F)(F)C(F)(F)C(F)(F)F)([CH2]CC(F)(F)C(F)(F)C(F)(F)C(F)(F)C(F)(F)C(F)(F)F)[CH2]CC(F)(F)C(F)(F)C(F)(F)C(F)(F)C(F)(F)C(F)(F)F)c1)C(=O)O. The third kappa shape index (κ3) is 13.0. The summed E-state index contributed by atoms with van der Waals surface area (Å²) >= 11 is -8.20. The number of alkyl halides is 39. The van der Waals surface area contributed by atoms with Crippen LogP contribution in [-0.4, -0.2) is 160 Å². The summed E-state index contributed by atoms with van der Waals surface area (Å²) in [5, 5.41) is 10.5. The first-order chi connectivity index (χ1) is 35.6. The van der Waals surface area contributed by atoms with Gasteiger partial charge in [0.2, 0.25) is 0 Å². The van der Waals surface area contributed by atoms with Crippen molar-refractivity contribution in [2.24, 2.45) is 5.73 Å². The Labute approximate surface area is 436 Å². The Morgan fingerprint density at radius 1 is 0.439 bits per heavy atom. The van der Waals surface area contributed by atoms with E-state index in [1.54, 1.807) is 5.32 Å². The van der Waals surface area contributed by atoms with Crippen LogP contribution in [-0.2, 0) is 16.1 Å². The molecule has 0 unspecified atom stereocenters. The van der Waals surface area contributed by atoms with Gasteiger partial charge in [-0.05, 0) is 0 Å². The zero-order valence-corrected chi connectivity index (χ0v) is 41.9. The van der Waals surface area contributed by atoms with Crippen molar-refractivity contribution >= 4 is 45.6 Å². The zero-order chi connectivity index (χ0) is 66.0. The fourth-order valence-corrected chi connectivity index (χ4v) is 21.4. The van der Waals surface area contributed by atoms with Crippen LogP contribution >= 0.6 is 11.8 Å². The van der Waals surface area contributed by atoms with E-state index in [2.05, 4.69) is 0 Å². The van der Waals surface area contributed by atoms with Crippen molar-refractivity contribution < 1.29 is 186 Å². The number of carboxylic acid groups (broad SMARTS) is 1. The molecule has 0 fully saturated rings. The van der Waals surface area contributed by atoms with Crippen molar-refractivity contribution in [1.29, 1.82) is 0 Å². The molecular weight excluding hydrogens is 1400 g/mol. The number of nitrogens with one attached hydrogen (secondary N) is 1. The third-order valence-corrected chi connectivity index (χ3v) is 27.4. The van der Waals surface area contributed by atoms with Gasteiger partial charge in [-0.25, -0.2) is 0 Å². The van der Waals surface area contributed by atoms with Gasteiger partial charge < -0.3 is 0 Å². The normalized spacial score (nSPS) is 16.1. The van der Waals surface area contributed by atoms with E-state index in [-0.39, 0.29) is 18.2 Å². The van der Waals surface area contributed by atoms with E-state index < -0.39 is 203 Å². The van der Waals surface area contributed by atoms with Gasteiger partial charge in [0.25, 0.3) is 0 Å². The van der Waals surface area contributed by atoms with Gasteiger partial charge in [-0.2, -0.15) is 0 Å². The molecule has 482 valence electrons. The number of aliphatic carboxylic acids is 1. The Balaban J connectivity index is 4.65. The second-order valence-electron chi connectivity index (χ2n) is 17.2. The molecule has 1 rings (SSSR count). The van der Waals surface area contributed by atoms with Gasteiger partial charge in [-0.15, -0.1) is 0 Å². The Hall–Kier alpha value is -3.46. The van der Waals surface area contributed by atoms with E-state index >= 15 is 26.3 Å². The van der Waals surface area contributed by atoms with Gasteiger partial charge >= 0.3 is 436 Å². The molecule has 0 radical (unpaired) electrons. The van der Waals surface area contributed by atoms with Crippen molar-refractivity contribution in [3.8, 4) is 0 Å². The Morgan fingerprint density at radius 2 is 0.707 bits per heavy atom. The summed E-state index contributed by atoms with van der Waals surface area (Å²) in [6.45, 7) is -1.41. The van der Waals surface area contributed by atoms with Crippen LogP contribution < -0.4 is 14.6 Å². The summed E-state index contributed by atoms with van der Waals surface area (Å²) in [5.74, 6) is -134. The van der Waals surface area contributed by atoms with Crippen molar-refractivity contribution in [2.45, 2.75) is 153 Å². The maximum atomic E-state index is 15.4. The van der Waals surface area contributed by atoms with Gasteiger partial charge in [0.15, 0.2) is 0 Å². The molecule has 46 heteroatoms. The molecule has 0 saturated carbocycles. The number of carboxylic acids is 1. The van der Waals surface area contributed by atoms with Crippen LogP contribution in [0.5, 0.6) is 0 Å². The van der Waals surface area contributed by atoms with Crippen LogP contribution in [0.3, 0.4) is 0 Å². The van der Waals surface area contributed by atoms with E-state index in [1.165, 1.54) is 0 Å². The number of carbonyl (C=O) groups is 2. The molecule has 1 aromatic carbocycles. The van der Waals surface area contributed by atoms with Crippen LogP contribution in [0.2, 0.25) is 13.3 Å². The third-order valence-electron chi connectivity index (χ3n) is 11.6. The average molecular weight is 1430 g/mol. The second kappa shape index (κ2) is 23.0. The molecule has 0 bridgehead atoms. The summed E-state index contributed by atoms with van der Waals surface area (Å²) in [6, 6.07) is -1.78. The zero-order valence-electron chi connectivity index (χ0n) is 38.2. The molecule has 0 aliphatic heterocycles. The molecule has 0 spiro atoms. The predicted molar refractivity (Wildman–Crippen MR) is 197 cm³/mol. The van der Waals surface area contributed by atoms with E-state index in [0.29, 0.717) is 17.8 Å². The predicted octanol–water partition coefficient (Wildman–Crippen LogP) is 14.5. The molecule has 0 heterocycles. The summed E-state index contributed by atoms with van der Waals surface area (Å²) in [5.41, 5.74) is 4.04. The van der Waals surface area contributed by atoms with Gasteiger partial charge in [-0.3, -0.25) is 0 Å². The number of rotatable bonds is 29. The molecule has 4 N–H and O–H groups in total. The van der Waals surface area contributed by atoms with Crippen molar-refractivity contribution in [3.63, 3.8) is 0 Å². The Morgan fingerprint density at radius 3 is 0.963 bits per heavy atom. The molecular formula is C36H27F39N2O3SSn. The Kier molecular flexibility index (Phi) is 21.5. The molecule has 0 saturated heterocycles. The number of hydrogen-bond acceptors (Lipinski definition) is 4. The summed E-state index contributed by atoms with van der Waals surface area (Å²) < 4.78 is 537. The number of thioether (sulfide) groups is 1. The second-order valence-corrected chi connectivity index (χ2v) is 31.5. The fourth-order valence-electron chi connectivity index (χ4n) is 6.49. The standard InChI is InChI=1S/C12H15N2O3S.3C8H4F13.Sn/c13-10(12(16)17)7-18-8-11(15)14-6-9-4-2-1-3-5-9;3*1-2-3(9,10)4(11,12)5(13,14)6(15,16)7(17,18)8(19,20)21;/h1-2,4-5,10H,6-8,13H2,(H,14,15)(H,16,17);3*1-2H2;/t10-;;;;/m0..../s1. The number of nitrogens with two attached hydrogens (primary N) is 1. The van der Waals surface area contributed by atoms with E-state index in [4.69, 9.17) is 10.8 Å². The summed E-state index contributed by atoms with van der Waals surface area (Å²) in [7, 11) is 0. The van der Waals surface area contributed by atoms with Crippen molar-refractivity contribution in [3.05, 3.63) is 29.8 Å². The van der Waals surface area contributed by atoms with Gasteiger partial charge in [-0.1, -0.05) is 0 Å². The minimum absolute atomic E-state index is 0.0745. The number of carbonyl (C=O) groups excluding carboxylic acids is 1. The minimum atomic E-state index is -8.95. The first kappa shape index (κ1) is 76.6. The average Bonchev–Trinajstić information content (AvgIpc) is 3.28. The number of amides is 1. The van der Waals surface area contributed by atoms with Crippen LogP contribution in [0.1, 0.15) is 24.8 Å². The van der Waals surface area contributed by atoms with E-state index in [1.807, 2.05) is 0 Å². The van der Waals surface area contributed by atoms with Gasteiger partial charge in [0.1, 0.15) is 0 Å². The van der Waals surface area contributed by atoms with Crippen molar-refractivity contribution in [2.75, 3.05) is 11.5 Å². The van der Waals surface area contributed by atoms with Crippen LogP contribution in [0.25, 0.3) is 0 Å². The Bertz CT molecular complexity index is 2190. The molecule has 1 aromatic rings. The summed E-state index contributed by atoms with van der Waals surface area (Å²) in [4.78, 5) is 23.2. The molecule has 82 heavy (non-hydrogen) atoms. The van der Waals surface area contributed by atoms with Gasteiger partial charge in [0.05, 0.1) is 0 Å².